The third kappa shape index (κ3) is 2.73. The number of aromatic amines is 1. The Labute approximate surface area is 109 Å². The van der Waals surface area contributed by atoms with Crippen LogP contribution < -0.4 is 0 Å². The summed E-state index contributed by atoms with van der Waals surface area (Å²) < 4.78 is 4.91. The molecular formula is C12H11Cl2NO2. The molecule has 0 radical (unpaired) electrons. The summed E-state index contributed by atoms with van der Waals surface area (Å²) in [5.74, 6) is -0.272. The highest BCUT2D eigenvalue weighted by molar-refractivity contribution is 6.42. The van der Waals surface area contributed by atoms with Crippen LogP contribution in [0.15, 0.2) is 18.3 Å². The first-order valence-electron chi connectivity index (χ1n) is 5.16. The highest BCUT2D eigenvalue weighted by atomic mass is 35.5. The maximum atomic E-state index is 10.7. The molecule has 1 N–H and O–H groups in total. The molecule has 0 atom stereocenters. The van der Waals surface area contributed by atoms with Crippen molar-refractivity contribution in [1.82, 2.24) is 4.98 Å². The van der Waals surface area contributed by atoms with Gasteiger partial charge in [-0.3, -0.25) is 4.79 Å². The normalized spacial score (nSPS) is 10.8. The van der Waals surface area contributed by atoms with E-state index in [1.165, 1.54) is 6.92 Å². The molecule has 2 aromatic rings. The molecule has 1 aromatic carbocycles. The minimum Gasteiger partial charge on any atom is -0.466 e. The van der Waals surface area contributed by atoms with Gasteiger partial charge >= 0.3 is 5.97 Å². The van der Waals surface area contributed by atoms with E-state index in [0.717, 1.165) is 16.5 Å². The number of aromatic nitrogens is 1. The molecule has 90 valence electrons. The molecule has 1 aromatic heterocycles. The second-order valence-electron chi connectivity index (χ2n) is 3.72. The number of rotatable bonds is 3. The van der Waals surface area contributed by atoms with Crippen LogP contribution in [0, 0.1) is 0 Å². The van der Waals surface area contributed by atoms with Crippen LogP contribution in [0.4, 0.5) is 0 Å². The lowest BCUT2D eigenvalue weighted by Crippen LogP contribution is -2.02. The van der Waals surface area contributed by atoms with Crippen LogP contribution in [-0.4, -0.2) is 17.6 Å². The van der Waals surface area contributed by atoms with Gasteiger partial charge in [0.2, 0.25) is 0 Å². The first-order valence-corrected chi connectivity index (χ1v) is 5.92. The van der Waals surface area contributed by atoms with Crippen molar-refractivity contribution < 1.29 is 9.53 Å². The fraction of sp³-hybridized carbons (Fsp3) is 0.250. The van der Waals surface area contributed by atoms with Gasteiger partial charge in [0.25, 0.3) is 0 Å². The predicted molar refractivity (Wildman–Crippen MR) is 68.7 cm³/mol. The summed E-state index contributed by atoms with van der Waals surface area (Å²) in [7, 11) is 0. The van der Waals surface area contributed by atoms with E-state index < -0.39 is 0 Å². The molecule has 17 heavy (non-hydrogen) atoms. The molecular weight excluding hydrogens is 261 g/mol. The smallest absolute Gasteiger partial charge is 0.302 e. The lowest BCUT2D eigenvalue weighted by Gasteiger charge is -2.01. The highest BCUT2D eigenvalue weighted by Crippen LogP contribution is 2.29. The molecule has 0 bridgehead atoms. The quantitative estimate of drug-likeness (QED) is 0.868. The largest absolute Gasteiger partial charge is 0.466 e. The summed E-state index contributed by atoms with van der Waals surface area (Å²) in [4.78, 5) is 13.8. The molecule has 0 aliphatic rings. The number of esters is 1. The lowest BCUT2D eigenvalue weighted by molar-refractivity contribution is -0.140. The highest BCUT2D eigenvalue weighted by Gasteiger charge is 2.07. The molecule has 0 unspecified atom stereocenters. The van der Waals surface area contributed by atoms with E-state index in [9.17, 15) is 4.79 Å². The van der Waals surface area contributed by atoms with Crippen molar-refractivity contribution in [2.75, 3.05) is 6.61 Å². The number of hydrogen-bond donors (Lipinski definition) is 1. The average Bonchev–Trinajstić information content (AvgIpc) is 2.62. The fourth-order valence-corrected chi connectivity index (χ4v) is 2.01. The number of H-pyrrole nitrogens is 1. The summed E-state index contributed by atoms with van der Waals surface area (Å²) in [6.07, 6.45) is 2.53. The third-order valence-corrected chi connectivity index (χ3v) is 3.21. The Bertz CT molecular complexity index is 563. The van der Waals surface area contributed by atoms with E-state index >= 15 is 0 Å². The zero-order valence-corrected chi connectivity index (χ0v) is 10.7. The maximum absolute atomic E-state index is 10.7. The summed E-state index contributed by atoms with van der Waals surface area (Å²) in [5.41, 5.74) is 1.98. The zero-order chi connectivity index (χ0) is 12.4. The van der Waals surface area contributed by atoms with Crippen molar-refractivity contribution in [1.29, 1.82) is 0 Å². The molecule has 1 heterocycles. The molecule has 0 saturated heterocycles. The Morgan fingerprint density at radius 1 is 1.35 bits per heavy atom. The second-order valence-corrected chi connectivity index (χ2v) is 4.53. The first-order chi connectivity index (χ1) is 8.08. The number of ether oxygens (including phenoxy) is 1. The standard InChI is InChI=1S/C12H11Cl2NO2/c1-7(16)17-3-2-8-6-15-12-5-11(14)10(13)4-9(8)12/h4-6,15H,2-3H2,1H3. The number of nitrogens with one attached hydrogen (secondary N) is 1. The Morgan fingerprint density at radius 3 is 2.76 bits per heavy atom. The van der Waals surface area contributed by atoms with E-state index in [0.29, 0.717) is 23.1 Å². The fourth-order valence-electron chi connectivity index (χ4n) is 1.69. The third-order valence-electron chi connectivity index (χ3n) is 2.49. The number of halogens is 2. The van der Waals surface area contributed by atoms with Crippen molar-refractivity contribution >= 4 is 40.1 Å². The lowest BCUT2D eigenvalue weighted by atomic mass is 10.1. The van der Waals surface area contributed by atoms with E-state index in [-0.39, 0.29) is 5.97 Å². The minimum atomic E-state index is -0.272. The van der Waals surface area contributed by atoms with E-state index in [1.807, 2.05) is 12.3 Å². The second kappa shape index (κ2) is 4.98. The van der Waals surface area contributed by atoms with Crippen LogP contribution in [0.2, 0.25) is 10.0 Å². The topological polar surface area (TPSA) is 42.1 Å². The number of carbonyl (C=O) groups excluding carboxylic acids is 1. The summed E-state index contributed by atoms with van der Waals surface area (Å²) >= 11 is 11.9. The molecule has 3 nitrogen and oxygen atoms in total. The van der Waals surface area contributed by atoms with Crippen molar-refractivity contribution in [3.8, 4) is 0 Å². The van der Waals surface area contributed by atoms with E-state index in [2.05, 4.69) is 4.98 Å². The van der Waals surface area contributed by atoms with Crippen molar-refractivity contribution in [2.45, 2.75) is 13.3 Å². The molecule has 5 heteroatoms. The number of carbonyl (C=O) groups is 1. The predicted octanol–water partition coefficient (Wildman–Crippen LogP) is 3.58. The SMILES string of the molecule is CC(=O)OCCc1c[nH]c2cc(Cl)c(Cl)cc12. The van der Waals surface area contributed by atoms with Crippen molar-refractivity contribution in [3.05, 3.63) is 33.9 Å². The van der Waals surface area contributed by atoms with Gasteiger partial charge in [0.15, 0.2) is 0 Å². The summed E-state index contributed by atoms with van der Waals surface area (Å²) in [5, 5.41) is 2.05. The van der Waals surface area contributed by atoms with E-state index in [4.69, 9.17) is 27.9 Å². The van der Waals surface area contributed by atoms with Crippen LogP contribution in [-0.2, 0) is 16.0 Å². The number of benzene rings is 1. The summed E-state index contributed by atoms with van der Waals surface area (Å²) in [6, 6.07) is 3.60. The minimum absolute atomic E-state index is 0.272. The van der Waals surface area contributed by atoms with Gasteiger partial charge in [-0.25, -0.2) is 0 Å². The van der Waals surface area contributed by atoms with Gasteiger partial charge in [-0.2, -0.15) is 0 Å². The molecule has 2 rings (SSSR count). The van der Waals surface area contributed by atoms with Crippen LogP contribution in [0.25, 0.3) is 10.9 Å². The van der Waals surface area contributed by atoms with E-state index in [1.54, 1.807) is 6.07 Å². The van der Waals surface area contributed by atoms with Gasteiger partial charge in [-0.05, 0) is 17.7 Å². The monoisotopic (exact) mass is 271 g/mol. The van der Waals surface area contributed by atoms with Crippen molar-refractivity contribution in [2.24, 2.45) is 0 Å². The van der Waals surface area contributed by atoms with Crippen LogP contribution in [0.3, 0.4) is 0 Å². The van der Waals surface area contributed by atoms with Gasteiger partial charge in [0.1, 0.15) is 0 Å². The Balaban J connectivity index is 2.23. The van der Waals surface area contributed by atoms with Crippen LogP contribution >= 0.6 is 23.2 Å². The van der Waals surface area contributed by atoms with Crippen molar-refractivity contribution in [3.63, 3.8) is 0 Å². The first kappa shape index (κ1) is 12.3. The van der Waals surface area contributed by atoms with Gasteiger partial charge in [-0.1, -0.05) is 23.2 Å². The maximum Gasteiger partial charge on any atom is 0.302 e. The Kier molecular flexibility index (Phi) is 3.60. The number of hydrogen-bond acceptors (Lipinski definition) is 2. The molecule has 0 spiro atoms. The number of fused-ring (bicyclic) bond motifs is 1. The van der Waals surface area contributed by atoms with Gasteiger partial charge in [0.05, 0.1) is 16.7 Å². The average molecular weight is 272 g/mol. The molecule has 0 aliphatic heterocycles. The molecule has 0 saturated carbocycles. The van der Waals surface area contributed by atoms with Gasteiger partial charge < -0.3 is 9.72 Å². The Hall–Kier alpha value is -1.19. The van der Waals surface area contributed by atoms with Crippen LogP contribution in [0.5, 0.6) is 0 Å². The molecule has 0 amide bonds. The van der Waals surface area contributed by atoms with Gasteiger partial charge in [0, 0.05) is 30.4 Å². The van der Waals surface area contributed by atoms with Gasteiger partial charge in [-0.15, -0.1) is 0 Å². The molecule has 0 aliphatic carbocycles. The zero-order valence-electron chi connectivity index (χ0n) is 9.22. The van der Waals surface area contributed by atoms with Crippen LogP contribution in [0.1, 0.15) is 12.5 Å². The Morgan fingerprint density at radius 2 is 2.06 bits per heavy atom. The summed E-state index contributed by atoms with van der Waals surface area (Å²) in [6.45, 7) is 1.76. The molecule has 0 fully saturated rings.